The molecular formula is C9H7N. The van der Waals surface area contributed by atoms with Crippen molar-refractivity contribution in [3.63, 3.8) is 0 Å². The molecule has 10 heavy (non-hydrogen) atoms. The molecular weight excluding hydrogens is 122 g/mol. The highest BCUT2D eigenvalue weighted by molar-refractivity contribution is 5.83. The fourth-order valence-corrected chi connectivity index (χ4v) is 0.621. The third kappa shape index (κ3) is 1.78. The Morgan fingerprint density at radius 3 is 3.30 bits per heavy atom. The molecule has 0 atom stereocenters. The Kier molecular flexibility index (Phi) is 2.31. The van der Waals surface area contributed by atoms with Crippen molar-refractivity contribution in [2.45, 2.75) is 0 Å². The summed E-state index contributed by atoms with van der Waals surface area (Å²) in [5, 5.41) is 0. The SMILES string of the molecule is C#CCN=CC1=C=CC=C1. The summed E-state index contributed by atoms with van der Waals surface area (Å²) in [7, 11) is 0. The molecule has 0 saturated carbocycles. The van der Waals surface area contributed by atoms with Gasteiger partial charge in [-0.1, -0.05) is 12.0 Å². The summed E-state index contributed by atoms with van der Waals surface area (Å²) in [6, 6.07) is 0. The molecule has 0 aromatic heterocycles. The summed E-state index contributed by atoms with van der Waals surface area (Å²) in [5.41, 5.74) is 3.96. The summed E-state index contributed by atoms with van der Waals surface area (Å²) in [6.07, 6.45) is 12.4. The van der Waals surface area contributed by atoms with Gasteiger partial charge in [0, 0.05) is 11.8 Å². The van der Waals surface area contributed by atoms with Gasteiger partial charge in [-0.3, -0.25) is 4.99 Å². The van der Waals surface area contributed by atoms with E-state index in [2.05, 4.69) is 16.6 Å². The molecule has 48 valence electrons. The van der Waals surface area contributed by atoms with Crippen molar-refractivity contribution >= 4 is 6.21 Å². The zero-order chi connectivity index (χ0) is 7.23. The van der Waals surface area contributed by atoms with Crippen LogP contribution in [0.1, 0.15) is 0 Å². The van der Waals surface area contributed by atoms with Gasteiger partial charge in [-0.25, -0.2) is 0 Å². The van der Waals surface area contributed by atoms with Crippen LogP contribution in [-0.2, 0) is 0 Å². The van der Waals surface area contributed by atoms with Crippen molar-refractivity contribution in [1.82, 2.24) is 0 Å². The first-order valence-electron chi connectivity index (χ1n) is 3.00. The van der Waals surface area contributed by atoms with Crippen LogP contribution in [0.2, 0.25) is 0 Å². The van der Waals surface area contributed by atoms with Gasteiger partial charge in [0.15, 0.2) is 0 Å². The van der Waals surface area contributed by atoms with E-state index < -0.39 is 0 Å². The Morgan fingerprint density at radius 2 is 2.70 bits per heavy atom. The van der Waals surface area contributed by atoms with Crippen LogP contribution in [0.4, 0.5) is 0 Å². The van der Waals surface area contributed by atoms with Crippen molar-refractivity contribution in [1.29, 1.82) is 0 Å². The predicted octanol–water partition coefficient (Wildman–Crippen LogP) is 1.34. The van der Waals surface area contributed by atoms with Gasteiger partial charge in [0.1, 0.15) is 0 Å². The average molecular weight is 129 g/mol. The first-order chi connectivity index (χ1) is 4.93. The molecule has 0 spiro atoms. The van der Waals surface area contributed by atoms with Crippen molar-refractivity contribution in [3.05, 3.63) is 29.5 Å². The number of nitrogens with zero attached hydrogens (tertiary/aromatic N) is 1. The van der Waals surface area contributed by atoms with Gasteiger partial charge in [0.05, 0.1) is 6.54 Å². The van der Waals surface area contributed by atoms with Gasteiger partial charge in [0.25, 0.3) is 0 Å². The zero-order valence-electron chi connectivity index (χ0n) is 5.54. The topological polar surface area (TPSA) is 12.4 Å². The van der Waals surface area contributed by atoms with E-state index in [4.69, 9.17) is 6.42 Å². The Morgan fingerprint density at radius 1 is 1.80 bits per heavy atom. The normalized spacial score (nSPS) is 14.1. The molecule has 0 amide bonds. The second-order valence-electron chi connectivity index (χ2n) is 1.80. The highest BCUT2D eigenvalue weighted by Crippen LogP contribution is 1.97. The van der Waals surface area contributed by atoms with Gasteiger partial charge < -0.3 is 0 Å². The lowest BCUT2D eigenvalue weighted by Gasteiger charge is -1.80. The predicted molar refractivity (Wildman–Crippen MR) is 42.9 cm³/mol. The summed E-state index contributed by atoms with van der Waals surface area (Å²) >= 11 is 0. The van der Waals surface area contributed by atoms with Crippen LogP contribution in [-0.4, -0.2) is 12.8 Å². The van der Waals surface area contributed by atoms with E-state index in [0.29, 0.717) is 6.54 Å². The molecule has 0 N–H and O–H groups in total. The molecule has 0 aliphatic heterocycles. The fourth-order valence-electron chi connectivity index (χ4n) is 0.621. The third-order valence-electron chi connectivity index (χ3n) is 1.03. The first kappa shape index (κ1) is 6.61. The van der Waals surface area contributed by atoms with Crippen molar-refractivity contribution in [3.8, 4) is 12.3 Å². The summed E-state index contributed by atoms with van der Waals surface area (Å²) < 4.78 is 0. The molecule has 1 heteroatoms. The number of aliphatic imine (C=N–C) groups is 1. The monoisotopic (exact) mass is 129 g/mol. The number of rotatable bonds is 2. The van der Waals surface area contributed by atoms with E-state index in [9.17, 15) is 0 Å². The molecule has 1 nitrogen and oxygen atoms in total. The molecule has 0 aromatic rings. The number of hydrogen-bond acceptors (Lipinski definition) is 1. The Hall–Kier alpha value is -1.51. The van der Waals surface area contributed by atoms with Gasteiger partial charge in [-0.15, -0.1) is 12.2 Å². The molecule has 0 radical (unpaired) electrons. The minimum atomic E-state index is 0.443. The van der Waals surface area contributed by atoms with Crippen molar-refractivity contribution < 1.29 is 0 Å². The van der Waals surface area contributed by atoms with Crippen LogP contribution in [0.3, 0.4) is 0 Å². The molecule has 0 aromatic carbocycles. The number of hydrogen-bond donors (Lipinski definition) is 0. The largest absolute Gasteiger partial charge is 0.279 e. The lowest BCUT2D eigenvalue weighted by atomic mass is 10.3. The van der Waals surface area contributed by atoms with Gasteiger partial charge in [-0.2, -0.15) is 0 Å². The van der Waals surface area contributed by atoms with E-state index in [1.54, 1.807) is 6.21 Å². The minimum Gasteiger partial charge on any atom is -0.279 e. The lowest BCUT2D eigenvalue weighted by molar-refractivity contribution is 1.30. The molecule has 0 heterocycles. The molecule has 0 saturated heterocycles. The Bertz CT molecular complexity index is 268. The molecule has 0 unspecified atom stereocenters. The van der Waals surface area contributed by atoms with E-state index in [1.165, 1.54) is 0 Å². The van der Waals surface area contributed by atoms with E-state index in [-0.39, 0.29) is 0 Å². The third-order valence-corrected chi connectivity index (χ3v) is 1.03. The Balaban J connectivity index is 2.48. The quantitative estimate of drug-likeness (QED) is 0.303. The van der Waals surface area contributed by atoms with E-state index >= 15 is 0 Å². The van der Waals surface area contributed by atoms with Crippen LogP contribution in [0, 0.1) is 12.3 Å². The second kappa shape index (κ2) is 3.50. The number of terminal acetylenes is 1. The van der Waals surface area contributed by atoms with Crippen molar-refractivity contribution in [2.24, 2.45) is 4.99 Å². The molecule has 0 fully saturated rings. The van der Waals surface area contributed by atoms with Crippen LogP contribution < -0.4 is 0 Å². The molecule has 1 aliphatic rings. The summed E-state index contributed by atoms with van der Waals surface area (Å²) in [5.74, 6) is 2.42. The Labute approximate surface area is 60.5 Å². The minimum absolute atomic E-state index is 0.443. The first-order valence-corrected chi connectivity index (χ1v) is 3.00. The summed E-state index contributed by atoms with van der Waals surface area (Å²) in [6.45, 7) is 0.443. The van der Waals surface area contributed by atoms with Gasteiger partial charge >= 0.3 is 0 Å². The zero-order valence-corrected chi connectivity index (χ0v) is 5.54. The highest BCUT2D eigenvalue weighted by Gasteiger charge is 1.85. The van der Waals surface area contributed by atoms with Crippen LogP contribution >= 0.6 is 0 Å². The van der Waals surface area contributed by atoms with Crippen LogP contribution in [0.15, 0.2) is 34.5 Å². The maximum atomic E-state index is 4.99. The standard InChI is InChI=1S/C9H7N/c1-2-7-10-8-9-5-3-4-6-9/h1,3-5,8H,7H2. The van der Waals surface area contributed by atoms with Crippen LogP contribution in [0.25, 0.3) is 0 Å². The molecule has 0 bridgehead atoms. The summed E-state index contributed by atoms with van der Waals surface area (Å²) in [4.78, 5) is 3.94. The number of allylic oxidation sites excluding steroid dienone is 3. The van der Waals surface area contributed by atoms with Crippen molar-refractivity contribution in [2.75, 3.05) is 6.54 Å². The van der Waals surface area contributed by atoms with Crippen LogP contribution in [0.5, 0.6) is 0 Å². The van der Waals surface area contributed by atoms with Gasteiger partial charge in [-0.05, 0) is 12.2 Å². The highest BCUT2D eigenvalue weighted by atomic mass is 14.7. The van der Waals surface area contributed by atoms with E-state index in [1.807, 2.05) is 18.2 Å². The molecule has 1 aliphatic carbocycles. The second-order valence-corrected chi connectivity index (χ2v) is 1.80. The smallest absolute Gasteiger partial charge is 0.0995 e. The lowest BCUT2D eigenvalue weighted by Crippen LogP contribution is -1.77. The fraction of sp³-hybridized carbons (Fsp3) is 0.111. The molecule has 1 rings (SSSR count). The maximum Gasteiger partial charge on any atom is 0.0995 e. The maximum absolute atomic E-state index is 4.99. The van der Waals surface area contributed by atoms with E-state index in [0.717, 1.165) is 5.57 Å². The van der Waals surface area contributed by atoms with Gasteiger partial charge in [0.2, 0.25) is 0 Å². The average Bonchev–Trinajstić information content (AvgIpc) is 2.41.